The summed E-state index contributed by atoms with van der Waals surface area (Å²) in [7, 11) is 0. The van der Waals surface area contributed by atoms with Gasteiger partial charge in [0.1, 0.15) is 5.82 Å². The van der Waals surface area contributed by atoms with E-state index in [9.17, 15) is 0 Å². The molecule has 0 fully saturated rings. The molecule has 0 atom stereocenters. The number of hydrogen-bond donors (Lipinski definition) is 0. The molecule has 0 amide bonds. The fourth-order valence-electron chi connectivity index (χ4n) is 1.55. The predicted octanol–water partition coefficient (Wildman–Crippen LogP) is 4.49. The van der Waals surface area contributed by atoms with Crippen LogP contribution >= 0.6 is 34.8 Å². The lowest BCUT2D eigenvalue weighted by atomic mass is 10.1. The van der Waals surface area contributed by atoms with E-state index in [1.165, 1.54) is 5.56 Å². The molecule has 20 heavy (non-hydrogen) atoms. The lowest BCUT2D eigenvalue weighted by Gasteiger charge is -2.09. The third-order valence-electron chi connectivity index (χ3n) is 2.52. The van der Waals surface area contributed by atoms with Crippen molar-refractivity contribution in [3.63, 3.8) is 0 Å². The average Bonchev–Trinajstić information content (AvgIpc) is 2.36. The highest BCUT2D eigenvalue weighted by molar-refractivity contribution is 6.66. The van der Waals surface area contributed by atoms with E-state index in [4.69, 9.17) is 34.8 Å². The average molecular weight is 329 g/mol. The molecule has 1 heterocycles. The van der Waals surface area contributed by atoms with Gasteiger partial charge in [-0.05, 0) is 25.5 Å². The molecular weight excluding hydrogens is 317 g/mol. The molecule has 0 saturated carbocycles. The Kier molecular flexibility index (Phi) is 4.63. The van der Waals surface area contributed by atoms with Crippen LogP contribution in [0.1, 0.15) is 28.6 Å². The lowest BCUT2D eigenvalue weighted by molar-refractivity contribution is 0.867. The van der Waals surface area contributed by atoms with Crippen LogP contribution in [0.3, 0.4) is 0 Å². The first-order chi connectivity index (χ1) is 9.34. The van der Waals surface area contributed by atoms with E-state index in [0.717, 1.165) is 5.56 Å². The summed E-state index contributed by atoms with van der Waals surface area (Å²) in [4.78, 5) is 12.3. The van der Waals surface area contributed by atoms with E-state index in [1.807, 2.05) is 37.3 Å². The van der Waals surface area contributed by atoms with Crippen molar-refractivity contribution < 1.29 is 0 Å². The van der Waals surface area contributed by atoms with Gasteiger partial charge in [-0.15, -0.1) is 0 Å². The van der Waals surface area contributed by atoms with Crippen molar-refractivity contribution in [2.75, 3.05) is 0 Å². The quantitative estimate of drug-likeness (QED) is 0.763. The molecule has 0 bridgehead atoms. The van der Waals surface area contributed by atoms with Crippen molar-refractivity contribution in [3.05, 3.63) is 52.9 Å². The fraction of sp³-hybridized carbons (Fsp3) is 0.214. The normalized spacial score (nSPS) is 12.1. The molecule has 1 aromatic heterocycles. The molecule has 104 valence electrons. The highest BCUT2D eigenvalue weighted by atomic mass is 35.6. The zero-order valence-corrected chi connectivity index (χ0v) is 13.2. The summed E-state index contributed by atoms with van der Waals surface area (Å²) >= 11 is 17.4. The molecule has 0 aliphatic carbocycles. The first-order valence-corrected chi connectivity index (χ1v) is 7.02. The van der Waals surface area contributed by atoms with Crippen molar-refractivity contribution in [2.24, 2.45) is 0 Å². The van der Waals surface area contributed by atoms with Crippen molar-refractivity contribution >= 4 is 47.0 Å². The number of aromatic nitrogens is 3. The number of benzene rings is 1. The highest BCUT2D eigenvalue weighted by Gasteiger charge is 2.27. The smallest absolute Gasteiger partial charge is 0.214 e. The van der Waals surface area contributed by atoms with Gasteiger partial charge in [-0.1, -0.05) is 70.7 Å². The van der Waals surface area contributed by atoms with Gasteiger partial charge in [-0.3, -0.25) is 0 Å². The van der Waals surface area contributed by atoms with E-state index in [-0.39, 0.29) is 5.82 Å². The molecule has 0 aliphatic rings. The molecule has 1 aromatic carbocycles. The molecule has 3 nitrogen and oxygen atoms in total. The van der Waals surface area contributed by atoms with Gasteiger partial charge < -0.3 is 0 Å². The molecule has 6 heteroatoms. The molecule has 2 aromatic rings. The van der Waals surface area contributed by atoms with Crippen LogP contribution in [0.15, 0.2) is 24.3 Å². The third kappa shape index (κ3) is 4.17. The molecular formula is C14H12Cl3N3. The maximum absolute atomic E-state index is 5.79. The first kappa shape index (κ1) is 15.2. The second-order valence-electron chi connectivity index (χ2n) is 4.31. The monoisotopic (exact) mass is 327 g/mol. The molecule has 2 rings (SSSR count). The zero-order chi connectivity index (χ0) is 14.8. The molecule has 0 unspecified atom stereocenters. The van der Waals surface area contributed by atoms with E-state index in [1.54, 1.807) is 13.0 Å². The second-order valence-corrected chi connectivity index (χ2v) is 6.59. The maximum Gasteiger partial charge on any atom is 0.250 e. The highest BCUT2D eigenvalue weighted by Crippen LogP contribution is 2.35. The Labute approximate surface area is 132 Å². The minimum absolute atomic E-state index is 0.124. The second kappa shape index (κ2) is 6.08. The zero-order valence-electron chi connectivity index (χ0n) is 10.9. The van der Waals surface area contributed by atoms with Gasteiger partial charge in [0, 0.05) is 0 Å². The SMILES string of the molecule is Cc1ccc(/C=C/c2nc(C)nc(C(Cl)(Cl)Cl)n2)cc1. The summed E-state index contributed by atoms with van der Waals surface area (Å²) in [6.45, 7) is 3.76. The van der Waals surface area contributed by atoms with E-state index < -0.39 is 3.79 Å². The number of halogens is 3. The van der Waals surface area contributed by atoms with Crippen molar-refractivity contribution in [1.82, 2.24) is 15.0 Å². The van der Waals surface area contributed by atoms with Gasteiger partial charge in [0.05, 0.1) is 0 Å². The molecule has 0 aliphatic heterocycles. The van der Waals surface area contributed by atoms with Gasteiger partial charge >= 0.3 is 0 Å². The maximum atomic E-state index is 5.79. The van der Waals surface area contributed by atoms with Crippen LogP contribution in [-0.2, 0) is 3.79 Å². The first-order valence-electron chi connectivity index (χ1n) is 5.89. The van der Waals surface area contributed by atoms with Gasteiger partial charge in [-0.2, -0.15) is 0 Å². The molecule has 0 radical (unpaired) electrons. The van der Waals surface area contributed by atoms with E-state index >= 15 is 0 Å². The van der Waals surface area contributed by atoms with Crippen LogP contribution in [-0.4, -0.2) is 15.0 Å². The summed E-state index contributed by atoms with van der Waals surface area (Å²) in [6, 6.07) is 8.08. The van der Waals surface area contributed by atoms with Gasteiger partial charge in [-0.25, -0.2) is 15.0 Å². The van der Waals surface area contributed by atoms with Crippen molar-refractivity contribution in [3.8, 4) is 0 Å². The Hall–Kier alpha value is -1.16. The van der Waals surface area contributed by atoms with Crippen LogP contribution in [0.5, 0.6) is 0 Å². The minimum Gasteiger partial charge on any atom is -0.214 e. The van der Waals surface area contributed by atoms with E-state index in [2.05, 4.69) is 15.0 Å². The lowest BCUT2D eigenvalue weighted by Crippen LogP contribution is -2.11. The van der Waals surface area contributed by atoms with Gasteiger partial charge in [0.15, 0.2) is 11.6 Å². The topological polar surface area (TPSA) is 38.7 Å². The van der Waals surface area contributed by atoms with Gasteiger partial charge in [0.25, 0.3) is 0 Å². The van der Waals surface area contributed by atoms with Gasteiger partial charge in [0.2, 0.25) is 3.79 Å². The summed E-state index contributed by atoms with van der Waals surface area (Å²) in [5, 5.41) is 0. The predicted molar refractivity (Wildman–Crippen MR) is 83.9 cm³/mol. The standard InChI is InChI=1S/C14H12Cl3N3/c1-9-3-5-11(6-4-9)7-8-12-18-10(2)19-13(20-12)14(15,16)17/h3-8H,1-2H3/b8-7+. The summed E-state index contributed by atoms with van der Waals surface area (Å²) in [5.41, 5.74) is 2.25. The number of nitrogens with zero attached hydrogens (tertiary/aromatic N) is 3. The molecule has 0 saturated heterocycles. The Bertz CT molecular complexity index is 631. The van der Waals surface area contributed by atoms with Crippen LogP contribution in [0, 0.1) is 13.8 Å². The number of alkyl halides is 3. The van der Waals surface area contributed by atoms with Crippen molar-refractivity contribution in [1.29, 1.82) is 0 Å². The van der Waals surface area contributed by atoms with Crippen LogP contribution in [0.25, 0.3) is 12.2 Å². The molecule has 0 N–H and O–H groups in total. The largest absolute Gasteiger partial charge is 0.250 e. The summed E-state index contributed by atoms with van der Waals surface area (Å²) in [6.07, 6.45) is 3.66. The van der Waals surface area contributed by atoms with E-state index in [0.29, 0.717) is 11.6 Å². The number of hydrogen-bond acceptors (Lipinski definition) is 3. The number of aryl methyl sites for hydroxylation is 2. The summed E-state index contributed by atoms with van der Waals surface area (Å²) < 4.78 is -1.65. The Morgan fingerprint density at radius 1 is 0.900 bits per heavy atom. The van der Waals surface area contributed by atoms with Crippen molar-refractivity contribution in [2.45, 2.75) is 17.6 Å². The third-order valence-corrected chi connectivity index (χ3v) is 3.03. The van der Waals surface area contributed by atoms with Crippen LogP contribution < -0.4 is 0 Å². The van der Waals surface area contributed by atoms with Crippen LogP contribution in [0.2, 0.25) is 0 Å². The molecule has 0 spiro atoms. The summed E-state index contributed by atoms with van der Waals surface area (Å²) in [5.74, 6) is 1.09. The Balaban J connectivity index is 2.29. The Morgan fingerprint density at radius 2 is 1.55 bits per heavy atom. The van der Waals surface area contributed by atoms with Crippen LogP contribution in [0.4, 0.5) is 0 Å². The fourth-order valence-corrected chi connectivity index (χ4v) is 1.81. The Morgan fingerprint density at radius 3 is 2.15 bits per heavy atom. The number of rotatable bonds is 2. The minimum atomic E-state index is -1.65.